The number of likely N-dealkylation sites (tertiary alicyclic amines) is 1. The molecular formula is C19H24FN5O4. The van der Waals surface area contributed by atoms with Crippen LogP contribution in [0.1, 0.15) is 41.9 Å². The van der Waals surface area contributed by atoms with E-state index in [1.54, 1.807) is 24.0 Å². The summed E-state index contributed by atoms with van der Waals surface area (Å²) in [5, 5.41) is 20.7. The Balaban J connectivity index is 1.51. The van der Waals surface area contributed by atoms with Gasteiger partial charge in [0.1, 0.15) is 11.9 Å². The summed E-state index contributed by atoms with van der Waals surface area (Å²) in [5.41, 5.74) is 0.265. The zero-order valence-electron chi connectivity index (χ0n) is 16.1. The maximum absolute atomic E-state index is 13.8. The highest BCUT2D eigenvalue weighted by molar-refractivity contribution is 5.92. The van der Waals surface area contributed by atoms with E-state index < -0.39 is 11.9 Å². The third kappa shape index (κ3) is 5.29. The summed E-state index contributed by atoms with van der Waals surface area (Å²) >= 11 is 0. The van der Waals surface area contributed by atoms with Gasteiger partial charge in [-0.2, -0.15) is 0 Å². The molecule has 0 spiro atoms. The molecular weight excluding hydrogens is 381 g/mol. The van der Waals surface area contributed by atoms with Gasteiger partial charge in [0.2, 0.25) is 0 Å². The van der Waals surface area contributed by atoms with Crippen molar-refractivity contribution < 1.29 is 23.8 Å². The van der Waals surface area contributed by atoms with E-state index in [1.807, 2.05) is 0 Å². The fourth-order valence-corrected chi connectivity index (χ4v) is 3.19. The smallest absolute Gasteiger partial charge is 0.409 e. The number of nitrogens with one attached hydrogen (secondary N) is 1. The van der Waals surface area contributed by atoms with Gasteiger partial charge < -0.3 is 20.1 Å². The molecule has 2 heterocycles. The molecule has 9 nitrogen and oxygen atoms in total. The van der Waals surface area contributed by atoms with E-state index in [1.165, 1.54) is 23.0 Å². The number of aliphatic hydroxyl groups excluding tert-OH is 1. The fourth-order valence-electron chi connectivity index (χ4n) is 3.19. The average Bonchev–Trinajstić information content (AvgIpc) is 3.17. The molecule has 1 aliphatic heterocycles. The standard InChI is InChI=1S/C19H24FN5O4/c1-2-29-19(28)24-9-7-13(8-10-24)21-18(27)16-11-25(23-22-16)12-17(26)14-5-3-4-6-15(14)20/h3-6,11,13,17,26H,2,7-10,12H2,1H3,(H,21,27)/t17-/m1/s1. The van der Waals surface area contributed by atoms with Crippen LogP contribution in [0.2, 0.25) is 0 Å². The topological polar surface area (TPSA) is 110 Å². The van der Waals surface area contributed by atoms with E-state index in [2.05, 4.69) is 15.6 Å². The van der Waals surface area contributed by atoms with E-state index in [9.17, 15) is 19.1 Å². The molecule has 156 valence electrons. The van der Waals surface area contributed by atoms with Crippen LogP contribution in [0.5, 0.6) is 0 Å². The van der Waals surface area contributed by atoms with Crippen molar-refractivity contribution in [1.82, 2.24) is 25.2 Å². The molecule has 1 aliphatic rings. The van der Waals surface area contributed by atoms with Crippen LogP contribution >= 0.6 is 0 Å². The molecule has 1 aromatic heterocycles. The molecule has 0 unspecified atom stereocenters. The molecule has 1 aromatic carbocycles. The molecule has 2 aromatic rings. The molecule has 3 rings (SSSR count). The number of benzene rings is 1. The summed E-state index contributed by atoms with van der Waals surface area (Å²) in [7, 11) is 0. The summed E-state index contributed by atoms with van der Waals surface area (Å²) in [6, 6.07) is 5.86. The summed E-state index contributed by atoms with van der Waals surface area (Å²) in [6.45, 7) is 3.07. The molecule has 2 N–H and O–H groups in total. The Hall–Kier alpha value is -3.01. The number of nitrogens with zero attached hydrogens (tertiary/aromatic N) is 4. The molecule has 1 fully saturated rings. The van der Waals surface area contributed by atoms with Crippen molar-refractivity contribution in [1.29, 1.82) is 0 Å². The molecule has 0 saturated carbocycles. The number of halogens is 1. The van der Waals surface area contributed by atoms with Crippen LogP contribution in [0.15, 0.2) is 30.5 Å². The number of amides is 2. The van der Waals surface area contributed by atoms with Crippen LogP contribution in [0.3, 0.4) is 0 Å². The number of carbonyl (C=O) groups excluding carboxylic acids is 2. The lowest BCUT2D eigenvalue weighted by Gasteiger charge is -2.31. The van der Waals surface area contributed by atoms with Crippen LogP contribution in [0.25, 0.3) is 0 Å². The van der Waals surface area contributed by atoms with Gasteiger partial charge in [-0.25, -0.2) is 13.9 Å². The van der Waals surface area contributed by atoms with E-state index in [-0.39, 0.29) is 35.8 Å². The Morgan fingerprint density at radius 1 is 1.34 bits per heavy atom. The molecule has 2 amide bonds. The number of rotatable bonds is 6. The van der Waals surface area contributed by atoms with Crippen LogP contribution in [0, 0.1) is 5.82 Å². The maximum atomic E-state index is 13.8. The van der Waals surface area contributed by atoms with Gasteiger partial charge in [-0.1, -0.05) is 23.4 Å². The number of ether oxygens (including phenoxy) is 1. The molecule has 1 saturated heterocycles. The van der Waals surface area contributed by atoms with Crippen molar-refractivity contribution in [2.24, 2.45) is 0 Å². The second-order valence-corrected chi connectivity index (χ2v) is 6.80. The van der Waals surface area contributed by atoms with Gasteiger partial charge in [0.15, 0.2) is 5.69 Å². The minimum atomic E-state index is -1.11. The van der Waals surface area contributed by atoms with Crippen molar-refractivity contribution in [3.8, 4) is 0 Å². The van der Waals surface area contributed by atoms with Gasteiger partial charge in [-0.05, 0) is 25.8 Å². The van der Waals surface area contributed by atoms with Crippen molar-refractivity contribution in [3.63, 3.8) is 0 Å². The van der Waals surface area contributed by atoms with Crippen LogP contribution in [-0.2, 0) is 11.3 Å². The highest BCUT2D eigenvalue weighted by atomic mass is 19.1. The Morgan fingerprint density at radius 2 is 2.07 bits per heavy atom. The zero-order valence-corrected chi connectivity index (χ0v) is 16.1. The molecule has 0 bridgehead atoms. The SMILES string of the molecule is CCOC(=O)N1CCC(NC(=O)c2cn(C[C@@H](O)c3ccccc3F)nn2)CC1. The minimum Gasteiger partial charge on any atom is -0.450 e. The first-order valence-electron chi connectivity index (χ1n) is 9.53. The predicted molar refractivity (Wildman–Crippen MR) is 100 cm³/mol. The van der Waals surface area contributed by atoms with Crippen LogP contribution in [-0.4, -0.2) is 62.7 Å². The minimum absolute atomic E-state index is 0.0286. The third-order valence-electron chi connectivity index (χ3n) is 4.75. The highest BCUT2D eigenvalue weighted by Gasteiger charge is 2.25. The van der Waals surface area contributed by atoms with E-state index in [0.717, 1.165) is 0 Å². The quantitative estimate of drug-likeness (QED) is 0.754. The van der Waals surface area contributed by atoms with Gasteiger partial charge >= 0.3 is 6.09 Å². The summed E-state index contributed by atoms with van der Waals surface area (Å²) in [6.07, 6.45) is 1.19. The van der Waals surface area contributed by atoms with E-state index >= 15 is 0 Å². The van der Waals surface area contributed by atoms with Crippen molar-refractivity contribution in [2.45, 2.75) is 38.5 Å². The average molecular weight is 405 g/mol. The number of hydrogen-bond donors (Lipinski definition) is 2. The lowest BCUT2D eigenvalue weighted by Crippen LogP contribution is -2.46. The number of aliphatic hydroxyl groups is 1. The number of aromatic nitrogens is 3. The van der Waals surface area contributed by atoms with Crippen molar-refractivity contribution in [2.75, 3.05) is 19.7 Å². The summed E-state index contributed by atoms with van der Waals surface area (Å²) < 4.78 is 20.0. The van der Waals surface area contributed by atoms with Crippen molar-refractivity contribution in [3.05, 3.63) is 47.5 Å². The monoisotopic (exact) mass is 405 g/mol. The Labute approximate surface area is 167 Å². The van der Waals surface area contributed by atoms with Gasteiger partial charge in [0.05, 0.1) is 19.3 Å². The Morgan fingerprint density at radius 3 is 2.76 bits per heavy atom. The Kier molecular flexibility index (Phi) is 6.76. The van der Waals surface area contributed by atoms with E-state index in [0.29, 0.717) is 32.5 Å². The lowest BCUT2D eigenvalue weighted by molar-refractivity contribution is 0.0856. The largest absolute Gasteiger partial charge is 0.450 e. The van der Waals surface area contributed by atoms with Gasteiger partial charge in [-0.3, -0.25) is 4.79 Å². The molecule has 10 heteroatoms. The first-order chi connectivity index (χ1) is 14.0. The fraction of sp³-hybridized carbons (Fsp3) is 0.474. The van der Waals surface area contributed by atoms with Crippen LogP contribution in [0.4, 0.5) is 9.18 Å². The molecule has 0 radical (unpaired) electrons. The normalized spacial score (nSPS) is 15.8. The molecule has 1 atom stereocenters. The first kappa shape index (κ1) is 20.7. The third-order valence-corrected chi connectivity index (χ3v) is 4.75. The second kappa shape index (κ2) is 9.46. The van der Waals surface area contributed by atoms with Gasteiger partial charge in [0, 0.05) is 24.7 Å². The zero-order chi connectivity index (χ0) is 20.8. The number of carbonyl (C=O) groups is 2. The lowest BCUT2D eigenvalue weighted by atomic mass is 10.1. The first-order valence-corrected chi connectivity index (χ1v) is 9.53. The van der Waals surface area contributed by atoms with E-state index in [4.69, 9.17) is 4.74 Å². The highest BCUT2D eigenvalue weighted by Crippen LogP contribution is 2.18. The molecule has 0 aliphatic carbocycles. The second-order valence-electron chi connectivity index (χ2n) is 6.80. The van der Waals surface area contributed by atoms with Gasteiger partial charge in [0.25, 0.3) is 5.91 Å². The number of hydrogen-bond acceptors (Lipinski definition) is 6. The van der Waals surface area contributed by atoms with Crippen LogP contribution < -0.4 is 5.32 Å². The summed E-state index contributed by atoms with van der Waals surface area (Å²) in [5.74, 6) is -0.890. The summed E-state index contributed by atoms with van der Waals surface area (Å²) in [4.78, 5) is 25.7. The Bertz CT molecular complexity index is 851. The molecule has 29 heavy (non-hydrogen) atoms. The van der Waals surface area contributed by atoms with Crippen molar-refractivity contribution >= 4 is 12.0 Å². The van der Waals surface area contributed by atoms with Gasteiger partial charge in [-0.15, -0.1) is 5.10 Å². The number of piperidine rings is 1. The predicted octanol–water partition coefficient (Wildman–Crippen LogP) is 1.50. The maximum Gasteiger partial charge on any atom is 0.409 e.